The summed E-state index contributed by atoms with van der Waals surface area (Å²) < 4.78 is 26.0. The summed E-state index contributed by atoms with van der Waals surface area (Å²) in [6.07, 6.45) is 3.14. The predicted molar refractivity (Wildman–Crippen MR) is 126 cm³/mol. The first-order valence-electron chi connectivity index (χ1n) is 10.7. The number of hydrogen-bond donors (Lipinski definition) is 1. The summed E-state index contributed by atoms with van der Waals surface area (Å²) >= 11 is 0. The number of sulfonamides is 1. The minimum atomic E-state index is -3.23. The second kappa shape index (κ2) is 8.27. The molecule has 2 aliphatic heterocycles. The van der Waals surface area contributed by atoms with E-state index < -0.39 is 10.0 Å². The predicted octanol–water partition coefficient (Wildman–Crippen LogP) is 3.44. The van der Waals surface area contributed by atoms with Crippen LogP contribution < -0.4 is 14.5 Å². The second-order valence-corrected chi connectivity index (χ2v) is 10.0. The highest BCUT2D eigenvalue weighted by Gasteiger charge is 2.29. The standard InChI is InChI=1S/C24H24N4O3S/c29-24(27-14-11-19-7-1-2-10-22(19)27)21-9-4-12-25-23(21)26-17-18-6-3-8-20(16-18)28-13-5-15-32(28,30)31/h1-4,6-10,12,16H,5,11,13-15,17H2,(H,25,26). The van der Waals surface area contributed by atoms with Crippen LogP contribution in [0.3, 0.4) is 0 Å². The van der Waals surface area contributed by atoms with Crippen molar-refractivity contribution in [3.05, 3.63) is 83.6 Å². The van der Waals surface area contributed by atoms with Crippen molar-refractivity contribution in [3.63, 3.8) is 0 Å². The molecule has 0 spiro atoms. The van der Waals surface area contributed by atoms with Gasteiger partial charge in [-0.3, -0.25) is 9.10 Å². The van der Waals surface area contributed by atoms with Gasteiger partial charge in [-0.25, -0.2) is 13.4 Å². The maximum Gasteiger partial charge on any atom is 0.262 e. The molecule has 1 saturated heterocycles. The lowest BCUT2D eigenvalue weighted by Gasteiger charge is -2.20. The van der Waals surface area contributed by atoms with Crippen molar-refractivity contribution in [1.82, 2.24) is 4.98 Å². The minimum absolute atomic E-state index is 0.0811. The van der Waals surface area contributed by atoms with Crippen molar-refractivity contribution in [2.24, 2.45) is 0 Å². The molecular formula is C24H24N4O3S. The van der Waals surface area contributed by atoms with Crippen LogP contribution in [0.25, 0.3) is 0 Å². The summed E-state index contributed by atoms with van der Waals surface area (Å²) in [5.41, 5.74) is 4.23. The van der Waals surface area contributed by atoms with Crippen LogP contribution in [0, 0.1) is 0 Å². The molecule has 0 aliphatic carbocycles. The summed E-state index contributed by atoms with van der Waals surface area (Å²) in [5, 5.41) is 3.27. The number of pyridine rings is 1. The SMILES string of the molecule is O=C(c1cccnc1NCc1cccc(N2CCCS2(=O)=O)c1)N1CCc2ccccc21. The smallest absolute Gasteiger partial charge is 0.262 e. The van der Waals surface area contributed by atoms with Crippen molar-refractivity contribution in [2.45, 2.75) is 19.4 Å². The Balaban J connectivity index is 1.35. The Hall–Kier alpha value is -3.39. The van der Waals surface area contributed by atoms with Crippen LogP contribution in [-0.4, -0.2) is 38.2 Å². The number of amides is 1. The van der Waals surface area contributed by atoms with Gasteiger partial charge in [0.25, 0.3) is 5.91 Å². The van der Waals surface area contributed by atoms with E-state index in [0.29, 0.717) is 43.1 Å². The fourth-order valence-corrected chi connectivity index (χ4v) is 5.91. The number of hydrogen-bond acceptors (Lipinski definition) is 5. The number of rotatable bonds is 5. The average molecular weight is 449 g/mol. The molecule has 0 bridgehead atoms. The van der Waals surface area contributed by atoms with Gasteiger partial charge in [0.1, 0.15) is 5.82 Å². The molecule has 3 heterocycles. The molecule has 0 radical (unpaired) electrons. The third kappa shape index (κ3) is 3.82. The van der Waals surface area contributed by atoms with Gasteiger partial charge in [0.15, 0.2) is 0 Å². The molecule has 8 heteroatoms. The molecule has 1 fully saturated rings. The number of benzene rings is 2. The number of nitrogens with zero attached hydrogens (tertiary/aromatic N) is 3. The van der Waals surface area contributed by atoms with E-state index in [1.165, 1.54) is 9.87 Å². The zero-order valence-electron chi connectivity index (χ0n) is 17.6. The number of carbonyl (C=O) groups is 1. The van der Waals surface area contributed by atoms with Gasteiger partial charge in [-0.15, -0.1) is 0 Å². The Bertz CT molecular complexity index is 1280. The molecule has 164 valence electrons. The molecule has 32 heavy (non-hydrogen) atoms. The lowest BCUT2D eigenvalue weighted by Crippen LogP contribution is -2.29. The Kier molecular flexibility index (Phi) is 5.30. The first kappa shape index (κ1) is 20.5. The lowest BCUT2D eigenvalue weighted by atomic mass is 10.1. The van der Waals surface area contributed by atoms with Gasteiger partial charge < -0.3 is 10.2 Å². The van der Waals surface area contributed by atoms with Gasteiger partial charge >= 0.3 is 0 Å². The van der Waals surface area contributed by atoms with Crippen LogP contribution in [0.1, 0.15) is 27.9 Å². The van der Waals surface area contributed by atoms with Crippen molar-refractivity contribution >= 4 is 33.1 Å². The maximum absolute atomic E-state index is 13.3. The molecule has 2 aliphatic rings. The first-order valence-corrected chi connectivity index (χ1v) is 12.3. The summed E-state index contributed by atoms with van der Waals surface area (Å²) in [6.45, 7) is 1.59. The second-order valence-electron chi connectivity index (χ2n) is 8.00. The third-order valence-corrected chi connectivity index (χ3v) is 7.80. The van der Waals surface area contributed by atoms with Gasteiger partial charge in [0.2, 0.25) is 10.0 Å². The number of aromatic nitrogens is 1. The zero-order chi connectivity index (χ0) is 22.1. The molecule has 5 rings (SSSR count). The highest BCUT2D eigenvalue weighted by Crippen LogP contribution is 2.30. The van der Waals surface area contributed by atoms with Crippen molar-refractivity contribution < 1.29 is 13.2 Å². The molecule has 7 nitrogen and oxygen atoms in total. The highest BCUT2D eigenvalue weighted by atomic mass is 32.2. The minimum Gasteiger partial charge on any atom is -0.365 e. The summed E-state index contributed by atoms with van der Waals surface area (Å²) in [7, 11) is -3.23. The number of para-hydroxylation sites is 1. The van der Waals surface area contributed by atoms with E-state index >= 15 is 0 Å². The van der Waals surface area contributed by atoms with Crippen LogP contribution in [0.2, 0.25) is 0 Å². The normalized spacial score (nSPS) is 16.8. The van der Waals surface area contributed by atoms with Crippen LogP contribution in [0.15, 0.2) is 66.9 Å². The molecular weight excluding hydrogens is 424 g/mol. The van der Waals surface area contributed by atoms with Gasteiger partial charge in [0.05, 0.1) is 17.0 Å². The van der Waals surface area contributed by atoms with Gasteiger partial charge in [-0.1, -0.05) is 30.3 Å². The Morgan fingerprint density at radius 2 is 1.91 bits per heavy atom. The quantitative estimate of drug-likeness (QED) is 0.647. The van der Waals surface area contributed by atoms with Crippen molar-refractivity contribution in [2.75, 3.05) is 33.4 Å². The van der Waals surface area contributed by atoms with E-state index in [1.807, 2.05) is 42.5 Å². The fraction of sp³-hybridized carbons (Fsp3) is 0.250. The van der Waals surface area contributed by atoms with Crippen LogP contribution in [0.5, 0.6) is 0 Å². The van der Waals surface area contributed by atoms with Crippen molar-refractivity contribution in [3.8, 4) is 0 Å². The van der Waals surface area contributed by atoms with E-state index in [9.17, 15) is 13.2 Å². The number of fused-ring (bicyclic) bond motifs is 1. The Labute approximate surface area is 187 Å². The summed E-state index contributed by atoms with van der Waals surface area (Å²) in [6, 6.07) is 19.0. The van der Waals surface area contributed by atoms with Gasteiger partial charge in [-0.05, 0) is 54.3 Å². The zero-order valence-corrected chi connectivity index (χ0v) is 18.4. The molecule has 1 amide bonds. The molecule has 1 aromatic heterocycles. The molecule has 0 atom stereocenters. The van der Waals surface area contributed by atoms with Gasteiger partial charge in [-0.2, -0.15) is 0 Å². The fourth-order valence-electron chi connectivity index (χ4n) is 4.35. The lowest BCUT2D eigenvalue weighted by molar-refractivity contribution is 0.0990. The summed E-state index contributed by atoms with van der Waals surface area (Å²) in [4.78, 5) is 19.5. The van der Waals surface area contributed by atoms with E-state index in [2.05, 4.69) is 16.4 Å². The number of carbonyl (C=O) groups excluding carboxylic acids is 1. The topological polar surface area (TPSA) is 82.6 Å². The third-order valence-electron chi connectivity index (χ3n) is 5.93. The van der Waals surface area contributed by atoms with E-state index in [4.69, 9.17) is 0 Å². The van der Waals surface area contributed by atoms with E-state index in [1.54, 1.807) is 23.2 Å². The van der Waals surface area contributed by atoms with Crippen LogP contribution in [0.4, 0.5) is 17.2 Å². The molecule has 2 aromatic carbocycles. The molecule has 3 aromatic rings. The Morgan fingerprint density at radius 3 is 2.75 bits per heavy atom. The molecule has 0 unspecified atom stereocenters. The van der Waals surface area contributed by atoms with E-state index in [0.717, 1.165) is 17.7 Å². The van der Waals surface area contributed by atoms with Crippen molar-refractivity contribution in [1.29, 1.82) is 0 Å². The largest absolute Gasteiger partial charge is 0.365 e. The van der Waals surface area contributed by atoms with Crippen LogP contribution in [-0.2, 0) is 23.0 Å². The number of anilines is 3. The van der Waals surface area contributed by atoms with Crippen LogP contribution >= 0.6 is 0 Å². The van der Waals surface area contributed by atoms with Gasteiger partial charge in [0, 0.05) is 31.5 Å². The Morgan fingerprint density at radius 1 is 1.03 bits per heavy atom. The molecule has 0 saturated carbocycles. The number of nitrogens with one attached hydrogen (secondary N) is 1. The van der Waals surface area contributed by atoms with E-state index in [-0.39, 0.29) is 11.7 Å². The average Bonchev–Trinajstić information content (AvgIpc) is 3.40. The maximum atomic E-state index is 13.3. The summed E-state index contributed by atoms with van der Waals surface area (Å²) in [5.74, 6) is 0.623. The molecule has 1 N–H and O–H groups in total. The monoisotopic (exact) mass is 448 g/mol. The first-order chi connectivity index (χ1) is 15.5. The highest BCUT2D eigenvalue weighted by molar-refractivity contribution is 7.93.